The zero-order valence-electron chi connectivity index (χ0n) is 11.5. The van der Waals surface area contributed by atoms with E-state index in [2.05, 4.69) is 15.6 Å². The van der Waals surface area contributed by atoms with Gasteiger partial charge in [0.2, 0.25) is 0 Å². The van der Waals surface area contributed by atoms with E-state index in [1.54, 1.807) is 24.3 Å². The fraction of sp³-hybridized carbons (Fsp3) is 0.286. The zero-order chi connectivity index (χ0) is 15.2. The molecule has 2 rings (SSSR count). The van der Waals surface area contributed by atoms with Gasteiger partial charge in [-0.2, -0.15) is 0 Å². The van der Waals surface area contributed by atoms with Crippen molar-refractivity contribution in [2.45, 2.75) is 19.6 Å². The Morgan fingerprint density at radius 2 is 2.29 bits per heavy atom. The summed E-state index contributed by atoms with van der Waals surface area (Å²) in [6, 6.07) is 6.57. The fourth-order valence-electron chi connectivity index (χ4n) is 1.72. The number of amides is 2. The molecular formula is C14H16ClN3O2S. The second-order valence-corrected chi connectivity index (χ2v) is 5.90. The highest BCUT2D eigenvalue weighted by molar-refractivity contribution is 7.09. The van der Waals surface area contributed by atoms with E-state index in [0.717, 1.165) is 10.7 Å². The molecule has 0 saturated carbocycles. The maximum absolute atomic E-state index is 11.6. The van der Waals surface area contributed by atoms with Gasteiger partial charge in [0.05, 0.1) is 12.6 Å². The van der Waals surface area contributed by atoms with Gasteiger partial charge < -0.3 is 15.7 Å². The average Bonchev–Trinajstić information content (AvgIpc) is 2.88. The van der Waals surface area contributed by atoms with Crippen LogP contribution in [0.1, 0.15) is 22.4 Å². The van der Waals surface area contributed by atoms with Crippen LogP contribution in [0.15, 0.2) is 29.6 Å². The molecule has 0 fully saturated rings. The van der Waals surface area contributed by atoms with Crippen molar-refractivity contribution in [2.75, 3.05) is 6.54 Å². The standard InChI is InChI=1S/C14H16ClN3O2S/c1-9-8-21-13(18-9)7-17-14(20)16-6-12(19)10-3-2-4-11(15)5-10/h2-5,8,12,19H,6-7H2,1H3,(H2,16,17,20)/t12-/m0/s1. The Morgan fingerprint density at radius 1 is 1.48 bits per heavy atom. The van der Waals surface area contributed by atoms with Crippen LogP contribution in [0.5, 0.6) is 0 Å². The minimum Gasteiger partial charge on any atom is -0.387 e. The third-order valence-corrected chi connectivity index (χ3v) is 3.96. The van der Waals surface area contributed by atoms with E-state index in [4.69, 9.17) is 11.6 Å². The zero-order valence-corrected chi connectivity index (χ0v) is 13.0. The van der Waals surface area contributed by atoms with Crippen molar-refractivity contribution in [3.63, 3.8) is 0 Å². The van der Waals surface area contributed by atoms with Gasteiger partial charge in [-0.25, -0.2) is 9.78 Å². The number of carbonyl (C=O) groups is 1. The molecule has 112 valence electrons. The molecule has 1 aromatic heterocycles. The molecule has 7 heteroatoms. The number of halogens is 1. The molecule has 0 spiro atoms. The lowest BCUT2D eigenvalue weighted by atomic mass is 10.1. The van der Waals surface area contributed by atoms with Gasteiger partial charge in [-0.15, -0.1) is 11.3 Å². The molecule has 2 aromatic rings. The minimum absolute atomic E-state index is 0.114. The predicted molar refractivity (Wildman–Crippen MR) is 83.5 cm³/mol. The number of nitrogens with zero attached hydrogens (tertiary/aromatic N) is 1. The van der Waals surface area contributed by atoms with Crippen LogP contribution in [-0.4, -0.2) is 22.7 Å². The Kier molecular flexibility index (Phi) is 5.55. The quantitative estimate of drug-likeness (QED) is 0.791. The number of carbonyl (C=O) groups excluding carboxylic acids is 1. The van der Waals surface area contributed by atoms with Crippen LogP contribution in [0, 0.1) is 6.92 Å². The lowest BCUT2D eigenvalue weighted by molar-refractivity contribution is 0.173. The first kappa shape index (κ1) is 15.8. The molecule has 0 radical (unpaired) electrons. The Morgan fingerprint density at radius 3 is 2.95 bits per heavy atom. The number of aliphatic hydroxyl groups is 1. The molecule has 1 aromatic carbocycles. The Bertz CT molecular complexity index is 618. The third kappa shape index (κ3) is 5.00. The van der Waals surface area contributed by atoms with Crippen LogP contribution in [0.3, 0.4) is 0 Å². The summed E-state index contributed by atoms with van der Waals surface area (Å²) >= 11 is 7.35. The Balaban J connectivity index is 1.75. The molecule has 0 saturated heterocycles. The third-order valence-electron chi connectivity index (χ3n) is 2.76. The lowest BCUT2D eigenvalue weighted by Crippen LogP contribution is -2.37. The van der Waals surface area contributed by atoms with E-state index in [-0.39, 0.29) is 12.6 Å². The second kappa shape index (κ2) is 7.40. The van der Waals surface area contributed by atoms with Crippen molar-refractivity contribution in [2.24, 2.45) is 0 Å². The lowest BCUT2D eigenvalue weighted by Gasteiger charge is -2.13. The molecule has 0 aliphatic rings. The monoisotopic (exact) mass is 325 g/mol. The Hall–Kier alpha value is -1.63. The molecule has 2 amide bonds. The summed E-state index contributed by atoms with van der Waals surface area (Å²) in [5.41, 5.74) is 1.60. The number of nitrogens with one attached hydrogen (secondary N) is 2. The normalized spacial score (nSPS) is 12.0. The van der Waals surface area contributed by atoms with E-state index >= 15 is 0 Å². The average molecular weight is 326 g/mol. The molecule has 0 aliphatic heterocycles. The number of benzene rings is 1. The number of aryl methyl sites for hydroxylation is 1. The molecule has 21 heavy (non-hydrogen) atoms. The van der Waals surface area contributed by atoms with Gasteiger partial charge in [-0.05, 0) is 24.6 Å². The minimum atomic E-state index is -0.795. The highest BCUT2D eigenvalue weighted by Gasteiger charge is 2.10. The molecular weight excluding hydrogens is 310 g/mol. The number of urea groups is 1. The molecule has 1 heterocycles. The molecule has 0 aliphatic carbocycles. The van der Waals surface area contributed by atoms with E-state index in [1.807, 2.05) is 12.3 Å². The van der Waals surface area contributed by atoms with Gasteiger partial charge in [0, 0.05) is 22.6 Å². The van der Waals surface area contributed by atoms with Crippen molar-refractivity contribution in [3.05, 3.63) is 50.9 Å². The highest BCUT2D eigenvalue weighted by atomic mass is 35.5. The van der Waals surface area contributed by atoms with Crippen molar-refractivity contribution in [1.29, 1.82) is 0 Å². The highest BCUT2D eigenvalue weighted by Crippen LogP contribution is 2.16. The van der Waals surface area contributed by atoms with Crippen LogP contribution >= 0.6 is 22.9 Å². The van der Waals surface area contributed by atoms with Gasteiger partial charge in [-0.3, -0.25) is 0 Å². The first-order valence-corrected chi connectivity index (χ1v) is 7.66. The molecule has 5 nitrogen and oxygen atoms in total. The number of rotatable bonds is 5. The van der Waals surface area contributed by atoms with Crippen molar-refractivity contribution in [1.82, 2.24) is 15.6 Å². The maximum atomic E-state index is 11.6. The van der Waals surface area contributed by atoms with E-state index in [0.29, 0.717) is 17.1 Å². The summed E-state index contributed by atoms with van der Waals surface area (Å²) in [6.07, 6.45) is -0.795. The van der Waals surface area contributed by atoms with Crippen molar-refractivity contribution >= 4 is 29.0 Å². The molecule has 3 N–H and O–H groups in total. The Labute approximate surface area is 132 Å². The maximum Gasteiger partial charge on any atom is 0.315 e. The first-order valence-electron chi connectivity index (χ1n) is 6.41. The van der Waals surface area contributed by atoms with Crippen LogP contribution in [0.25, 0.3) is 0 Å². The van der Waals surface area contributed by atoms with Crippen LogP contribution in [0.2, 0.25) is 5.02 Å². The summed E-state index contributed by atoms with van der Waals surface area (Å²) in [5, 5.41) is 18.6. The summed E-state index contributed by atoms with van der Waals surface area (Å²) < 4.78 is 0. The number of thiazole rings is 1. The summed E-state index contributed by atoms with van der Waals surface area (Å²) in [5.74, 6) is 0. The van der Waals surface area contributed by atoms with Crippen LogP contribution in [-0.2, 0) is 6.54 Å². The molecule has 1 atom stereocenters. The van der Waals surface area contributed by atoms with Crippen molar-refractivity contribution in [3.8, 4) is 0 Å². The van der Waals surface area contributed by atoms with Crippen LogP contribution < -0.4 is 10.6 Å². The first-order chi connectivity index (χ1) is 10.0. The van der Waals surface area contributed by atoms with E-state index < -0.39 is 6.10 Å². The number of aliphatic hydroxyl groups excluding tert-OH is 1. The number of aromatic nitrogens is 1. The van der Waals surface area contributed by atoms with Crippen LogP contribution in [0.4, 0.5) is 4.79 Å². The number of hydrogen-bond acceptors (Lipinski definition) is 4. The van der Waals surface area contributed by atoms with Gasteiger partial charge in [0.25, 0.3) is 0 Å². The predicted octanol–water partition coefficient (Wildman–Crippen LogP) is 2.64. The smallest absolute Gasteiger partial charge is 0.315 e. The largest absolute Gasteiger partial charge is 0.387 e. The van der Waals surface area contributed by atoms with Crippen molar-refractivity contribution < 1.29 is 9.90 Å². The van der Waals surface area contributed by atoms with Gasteiger partial charge >= 0.3 is 6.03 Å². The number of hydrogen-bond donors (Lipinski definition) is 3. The fourth-order valence-corrected chi connectivity index (χ4v) is 2.63. The van der Waals surface area contributed by atoms with Gasteiger partial charge in [0.15, 0.2) is 0 Å². The topological polar surface area (TPSA) is 74.2 Å². The van der Waals surface area contributed by atoms with E-state index in [1.165, 1.54) is 11.3 Å². The van der Waals surface area contributed by atoms with Gasteiger partial charge in [-0.1, -0.05) is 23.7 Å². The summed E-state index contributed by atoms with van der Waals surface area (Å²) in [7, 11) is 0. The summed E-state index contributed by atoms with van der Waals surface area (Å²) in [6.45, 7) is 2.39. The summed E-state index contributed by atoms with van der Waals surface area (Å²) in [4.78, 5) is 15.9. The molecule has 0 unspecified atom stereocenters. The van der Waals surface area contributed by atoms with Gasteiger partial charge in [0.1, 0.15) is 5.01 Å². The van der Waals surface area contributed by atoms with E-state index in [9.17, 15) is 9.90 Å². The second-order valence-electron chi connectivity index (χ2n) is 4.52. The SMILES string of the molecule is Cc1csc(CNC(=O)NC[C@H](O)c2cccc(Cl)c2)n1. The molecule has 0 bridgehead atoms.